The van der Waals surface area contributed by atoms with Crippen molar-refractivity contribution in [3.8, 4) is 0 Å². The lowest BCUT2D eigenvalue weighted by Gasteiger charge is -2.32. The standard InChI is InChI=1S/C15H31N3O/c1-5-17(6-2)12-9-16-14(4)15(19)18-10-7-13(3)8-11-18/h13-14,16H,5-12H2,1-4H3/t14-/m1/s1. The van der Waals surface area contributed by atoms with Crippen molar-refractivity contribution in [1.29, 1.82) is 0 Å². The molecule has 1 fully saturated rings. The smallest absolute Gasteiger partial charge is 0.239 e. The monoisotopic (exact) mass is 269 g/mol. The van der Waals surface area contributed by atoms with E-state index in [0.717, 1.165) is 58.0 Å². The zero-order chi connectivity index (χ0) is 14.3. The summed E-state index contributed by atoms with van der Waals surface area (Å²) in [6.45, 7) is 14.5. The van der Waals surface area contributed by atoms with E-state index in [1.54, 1.807) is 0 Å². The number of hydrogen-bond donors (Lipinski definition) is 1. The predicted octanol–water partition coefficient (Wildman–Crippen LogP) is 1.56. The Morgan fingerprint density at radius 1 is 1.32 bits per heavy atom. The highest BCUT2D eigenvalue weighted by Crippen LogP contribution is 2.16. The summed E-state index contributed by atoms with van der Waals surface area (Å²) in [5, 5.41) is 3.36. The van der Waals surface area contributed by atoms with Crippen molar-refractivity contribution < 1.29 is 4.79 Å². The largest absolute Gasteiger partial charge is 0.341 e. The molecule has 19 heavy (non-hydrogen) atoms. The number of likely N-dealkylation sites (tertiary alicyclic amines) is 1. The van der Waals surface area contributed by atoms with Crippen molar-refractivity contribution in [2.45, 2.75) is 46.6 Å². The molecule has 0 saturated carbocycles. The molecule has 1 amide bonds. The van der Waals surface area contributed by atoms with Gasteiger partial charge in [-0.2, -0.15) is 0 Å². The van der Waals surface area contributed by atoms with Crippen LogP contribution in [0.4, 0.5) is 0 Å². The Bertz CT molecular complexity index is 258. The molecule has 1 saturated heterocycles. The maximum atomic E-state index is 12.3. The zero-order valence-corrected chi connectivity index (χ0v) is 13.1. The molecule has 0 unspecified atom stereocenters. The first-order chi connectivity index (χ1) is 9.08. The molecule has 0 aliphatic carbocycles. The Morgan fingerprint density at radius 3 is 2.42 bits per heavy atom. The molecule has 4 nitrogen and oxygen atoms in total. The van der Waals surface area contributed by atoms with E-state index in [9.17, 15) is 4.79 Å². The Hall–Kier alpha value is -0.610. The fraction of sp³-hybridized carbons (Fsp3) is 0.933. The van der Waals surface area contributed by atoms with Gasteiger partial charge in [0.15, 0.2) is 0 Å². The average molecular weight is 269 g/mol. The molecule has 0 radical (unpaired) electrons. The maximum Gasteiger partial charge on any atom is 0.239 e. The summed E-state index contributed by atoms with van der Waals surface area (Å²) in [6, 6.07) is -0.0519. The van der Waals surface area contributed by atoms with Gasteiger partial charge < -0.3 is 15.1 Å². The number of nitrogens with one attached hydrogen (secondary N) is 1. The van der Waals surface area contributed by atoms with E-state index in [0.29, 0.717) is 0 Å². The molecule has 0 bridgehead atoms. The van der Waals surface area contributed by atoms with Crippen molar-refractivity contribution in [2.75, 3.05) is 39.3 Å². The molecule has 0 spiro atoms. The molecule has 0 aromatic heterocycles. The normalized spacial score (nSPS) is 18.9. The lowest BCUT2D eigenvalue weighted by atomic mass is 9.99. The lowest BCUT2D eigenvalue weighted by molar-refractivity contribution is -0.134. The van der Waals surface area contributed by atoms with Crippen molar-refractivity contribution in [2.24, 2.45) is 5.92 Å². The van der Waals surface area contributed by atoms with Gasteiger partial charge in [0, 0.05) is 26.2 Å². The van der Waals surface area contributed by atoms with Gasteiger partial charge in [0.1, 0.15) is 0 Å². The van der Waals surface area contributed by atoms with Crippen LogP contribution in [0.2, 0.25) is 0 Å². The molecule has 1 aliphatic rings. The van der Waals surface area contributed by atoms with Gasteiger partial charge in [-0.15, -0.1) is 0 Å². The van der Waals surface area contributed by atoms with E-state index >= 15 is 0 Å². The third kappa shape index (κ3) is 5.49. The SMILES string of the molecule is CCN(CC)CCN[C@H](C)C(=O)N1CCC(C)CC1. The van der Waals surface area contributed by atoms with Gasteiger partial charge in [0.25, 0.3) is 0 Å². The molecular weight excluding hydrogens is 238 g/mol. The highest BCUT2D eigenvalue weighted by atomic mass is 16.2. The molecule has 1 heterocycles. The maximum absolute atomic E-state index is 12.3. The van der Waals surface area contributed by atoms with E-state index in [1.165, 1.54) is 0 Å². The van der Waals surface area contributed by atoms with Crippen molar-refractivity contribution in [1.82, 2.24) is 15.1 Å². The van der Waals surface area contributed by atoms with Crippen molar-refractivity contribution in [3.63, 3.8) is 0 Å². The number of carbonyl (C=O) groups excluding carboxylic acids is 1. The van der Waals surface area contributed by atoms with Gasteiger partial charge in [-0.25, -0.2) is 0 Å². The third-order valence-corrected chi connectivity index (χ3v) is 4.24. The van der Waals surface area contributed by atoms with E-state index in [2.05, 4.69) is 31.0 Å². The van der Waals surface area contributed by atoms with Gasteiger partial charge >= 0.3 is 0 Å². The number of rotatable bonds is 7. The summed E-state index contributed by atoms with van der Waals surface area (Å²) in [6.07, 6.45) is 2.30. The number of hydrogen-bond acceptors (Lipinski definition) is 3. The van der Waals surface area contributed by atoms with Gasteiger partial charge in [-0.3, -0.25) is 4.79 Å². The molecule has 4 heteroatoms. The van der Waals surface area contributed by atoms with Gasteiger partial charge in [0.2, 0.25) is 5.91 Å². The minimum absolute atomic E-state index is 0.0519. The molecule has 0 aromatic carbocycles. The van der Waals surface area contributed by atoms with Crippen LogP contribution in [-0.2, 0) is 4.79 Å². The highest BCUT2D eigenvalue weighted by Gasteiger charge is 2.23. The zero-order valence-electron chi connectivity index (χ0n) is 13.1. The van der Waals surface area contributed by atoms with Crippen LogP contribution in [-0.4, -0.2) is 61.0 Å². The lowest BCUT2D eigenvalue weighted by Crippen LogP contribution is -2.49. The minimum atomic E-state index is -0.0519. The quantitative estimate of drug-likeness (QED) is 0.762. The van der Waals surface area contributed by atoms with Crippen LogP contribution in [0.25, 0.3) is 0 Å². The topological polar surface area (TPSA) is 35.6 Å². The second-order valence-corrected chi connectivity index (χ2v) is 5.71. The van der Waals surface area contributed by atoms with E-state index < -0.39 is 0 Å². The summed E-state index contributed by atoms with van der Waals surface area (Å²) in [7, 11) is 0. The second kappa shape index (κ2) is 8.54. The van der Waals surface area contributed by atoms with Gasteiger partial charge in [-0.05, 0) is 38.8 Å². The summed E-state index contributed by atoms with van der Waals surface area (Å²) < 4.78 is 0. The van der Waals surface area contributed by atoms with Gasteiger partial charge in [0.05, 0.1) is 6.04 Å². The highest BCUT2D eigenvalue weighted by molar-refractivity contribution is 5.81. The van der Waals surface area contributed by atoms with E-state index in [1.807, 2.05) is 11.8 Å². The first-order valence-electron chi connectivity index (χ1n) is 7.83. The van der Waals surface area contributed by atoms with Crippen LogP contribution in [0.5, 0.6) is 0 Å². The number of amides is 1. The number of piperidine rings is 1. The molecule has 1 N–H and O–H groups in total. The molecule has 1 aliphatic heterocycles. The molecule has 1 rings (SSSR count). The number of nitrogens with zero attached hydrogens (tertiary/aromatic N) is 2. The fourth-order valence-electron chi connectivity index (χ4n) is 2.57. The predicted molar refractivity (Wildman–Crippen MR) is 80.2 cm³/mol. The van der Waals surface area contributed by atoms with Crippen LogP contribution < -0.4 is 5.32 Å². The van der Waals surface area contributed by atoms with Crippen molar-refractivity contribution in [3.05, 3.63) is 0 Å². The summed E-state index contributed by atoms with van der Waals surface area (Å²) in [4.78, 5) is 16.7. The number of carbonyl (C=O) groups is 1. The van der Waals surface area contributed by atoms with Crippen LogP contribution >= 0.6 is 0 Å². The van der Waals surface area contributed by atoms with Crippen molar-refractivity contribution >= 4 is 5.91 Å². The average Bonchev–Trinajstić information content (AvgIpc) is 2.43. The van der Waals surface area contributed by atoms with Crippen LogP contribution in [0, 0.1) is 5.92 Å². The van der Waals surface area contributed by atoms with Crippen LogP contribution in [0.1, 0.15) is 40.5 Å². The molecule has 1 atom stereocenters. The Morgan fingerprint density at radius 2 is 1.89 bits per heavy atom. The Balaban J connectivity index is 2.25. The van der Waals surface area contributed by atoms with E-state index in [4.69, 9.17) is 0 Å². The number of likely N-dealkylation sites (N-methyl/N-ethyl adjacent to an activating group) is 1. The Labute approximate surface area is 118 Å². The molecular formula is C15H31N3O. The molecule has 112 valence electrons. The van der Waals surface area contributed by atoms with E-state index in [-0.39, 0.29) is 11.9 Å². The minimum Gasteiger partial charge on any atom is -0.341 e. The summed E-state index contributed by atoms with van der Waals surface area (Å²) >= 11 is 0. The molecule has 0 aromatic rings. The summed E-state index contributed by atoms with van der Waals surface area (Å²) in [5.74, 6) is 1.04. The second-order valence-electron chi connectivity index (χ2n) is 5.71. The fourth-order valence-corrected chi connectivity index (χ4v) is 2.57. The summed E-state index contributed by atoms with van der Waals surface area (Å²) in [5.41, 5.74) is 0. The van der Waals surface area contributed by atoms with Crippen LogP contribution in [0.3, 0.4) is 0 Å². The van der Waals surface area contributed by atoms with Crippen LogP contribution in [0.15, 0.2) is 0 Å². The first-order valence-corrected chi connectivity index (χ1v) is 7.83. The third-order valence-electron chi connectivity index (χ3n) is 4.24. The Kier molecular flexibility index (Phi) is 7.39. The van der Waals surface area contributed by atoms with Gasteiger partial charge in [-0.1, -0.05) is 20.8 Å². The first kappa shape index (κ1) is 16.4.